The minimum Gasteiger partial charge on any atom is -0.486 e. The van der Waals surface area contributed by atoms with Crippen LogP contribution in [0.25, 0.3) is 0 Å². The number of likely N-dealkylation sites (tertiary alicyclic amines) is 1. The van der Waals surface area contributed by atoms with Crippen LogP contribution >= 0.6 is 11.6 Å². The van der Waals surface area contributed by atoms with Crippen LogP contribution in [0, 0.1) is 13.8 Å². The zero-order chi connectivity index (χ0) is 20.6. The lowest BCUT2D eigenvalue weighted by molar-refractivity contribution is -0.136. The number of benzene rings is 2. The number of hydrogen-bond donors (Lipinski definition) is 0. The van der Waals surface area contributed by atoms with Crippen molar-refractivity contribution < 1.29 is 19.1 Å². The largest absolute Gasteiger partial charge is 0.486 e. The molecule has 0 bridgehead atoms. The first-order valence-corrected chi connectivity index (χ1v) is 10.2. The molecule has 2 aliphatic rings. The highest BCUT2D eigenvalue weighted by molar-refractivity contribution is 6.30. The molecule has 1 fully saturated rings. The predicted octanol–water partition coefficient (Wildman–Crippen LogP) is 4.36. The van der Waals surface area contributed by atoms with Crippen molar-refractivity contribution in [3.05, 3.63) is 58.1 Å². The summed E-state index contributed by atoms with van der Waals surface area (Å²) in [7, 11) is 0. The third-order valence-corrected chi connectivity index (χ3v) is 5.99. The van der Waals surface area contributed by atoms with E-state index in [0.29, 0.717) is 54.4 Å². The van der Waals surface area contributed by atoms with Gasteiger partial charge in [0.15, 0.2) is 12.4 Å². The minimum atomic E-state index is -0.516. The maximum Gasteiger partial charge on any atom is 0.260 e. The molecule has 0 radical (unpaired) electrons. The number of ether oxygens (including phenoxy) is 2. The lowest BCUT2D eigenvalue weighted by atomic mass is 9.81. The molecule has 152 valence electrons. The van der Waals surface area contributed by atoms with Crippen LogP contribution in [0.15, 0.2) is 36.4 Å². The van der Waals surface area contributed by atoms with E-state index in [9.17, 15) is 9.59 Å². The van der Waals surface area contributed by atoms with E-state index in [-0.39, 0.29) is 18.3 Å². The second kappa shape index (κ2) is 7.71. The van der Waals surface area contributed by atoms with Crippen molar-refractivity contribution in [3.8, 4) is 11.5 Å². The number of Topliss-reactive ketones (excluding diaryl/α,β-unsaturated/α-hetero) is 1. The second-order valence-electron chi connectivity index (χ2n) is 7.96. The van der Waals surface area contributed by atoms with Gasteiger partial charge in [0.25, 0.3) is 5.91 Å². The molecule has 6 heteroatoms. The highest BCUT2D eigenvalue weighted by atomic mass is 35.5. The molecule has 0 unspecified atom stereocenters. The summed E-state index contributed by atoms with van der Waals surface area (Å²) < 4.78 is 11.9. The van der Waals surface area contributed by atoms with Gasteiger partial charge in [-0.2, -0.15) is 0 Å². The van der Waals surface area contributed by atoms with Gasteiger partial charge in [-0.25, -0.2) is 0 Å². The fourth-order valence-electron chi connectivity index (χ4n) is 4.23. The number of hydrogen-bond acceptors (Lipinski definition) is 4. The van der Waals surface area contributed by atoms with Gasteiger partial charge in [0.05, 0.1) is 12.0 Å². The lowest BCUT2D eigenvalue weighted by Gasteiger charge is -2.44. The Hall–Kier alpha value is -2.53. The van der Waals surface area contributed by atoms with E-state index in [1.165, 1.54) is 0 Å². The average Bonchev–Trinajstić information content (AvgIpc) is 2.67. The first-order chi connectivity index (χ1) is 13.8. The summed E-state index contributed by atoms with van der Waals surface area (Å²) in [5.41, 5.74) is 2.24. The SMILES string of the molecule is Cc1cc(C)c2c(c1)OC1(CCN(C(=O)COc3ccc(Cl)cc3)CC1)CC2=O. The summed E-state index contributed by atoms with van der Waals surface area (Å²) in [5.74, 6) is 1.36. The highest BCUT2D eigenvalue weighted by Gasteiger charge is 2.44. The van der Waals surface area contributed by atoms with Gasteiger partial charge in [-0.05, 0) is 55.3 Å². The maximum absolute atomic E-state index is 12.8. The molecular weight excluding hydrogens is 390 g/mol. The number of piperidine rings is 1. The number of carbonyl (C=O) groups excluding carboxylic acids is 2. The van der Waals surface area contributed by atoms with Crippen molar-refractivity contribution in [1.29, 1.82) is 0 Å². The molecule has 0 atom stereocenters. The van der Waals surface area contributed by atoms with Crippen LogP contribution in [-0.4, -0.2) is 41.9 Å². The van der Waals surface area contributed by atoms with Gasteiger partial charge in [0.2, 0.25) is 0 Å². The van der Waals surface area contributed by atoms with Gasteiger partial charge < -0.3 is 14.4 Å². The molecule has 0 aliphatic carbocycles. The molecule has 2 heterocycles. The quantitative estimate of drug-likeness (QED) is 0.750. The smallest absolute Gasteiger partial charge is 0.260 e. The zero-order valence-corrected chi connectivity index (χ0v) is 17.4. The molecule has 1 amide bonds. The Labute approximate surface area is 175 Å². The van der Waals surface area contributed by atoms with Crippen LogP contribution in [0.4, 0.5) is 0 Å². The summed E-state index contributed by atoms with van der Waals surface area (Å²) in [6.45, 7) is 5.04. The van der Waals surface area contributed by atoms with Crippen LogP contribution in [0.5, 0.6) is 11.5 Å². The van der Waals surface area contributed by atoms with Crippen molar-refractivity contribution in [2.45, 2.75) is 38.7 Å². The van der Waals surface area contributed by atoms with Crippen LogP contribution in [0.1, 0.15) is 40.7 Å². The summed E-state index contributed by atoms with van der Waals surface area (Å²) in [6, 6.07) is 10.9. The summed E-state index contributed by atoms with van der Waals surface area (Å²) in [4.78, 5) is 27.1. The molecule has 2 aliphatic heterocycles. The summed E-state index contributed by atoms with van der Waals surface area (Å²) in [5, 5.41) is 0.624. The van der Waals surface area contributed by atoms with E-state index < -0.39 is 5.60 Å². The fourth-order valence-corrected chi connectivity index (χ4v) is 4.35. The molecule has 2 aromatic carbocycles. The Balaban J connectivity index is 1.38. The Morgan fingerprint density at radius 1 is 1.17 bits per heavy atom. The van der Waals surface area contributed by atoms with Crippen molar-refractivity contribution >= 4 is 23.3 Å². The monoisotopic (exact) mass is 413 g/mol. The van der Waals surface area contributed by atoms with Crippen molar-refractivity contribution in [2.24, 2.45) is 0 Å². The van der Waals surface area contributed by atoms with Crippen LogP contribution in [0.3, 0.4) is 0 Å². The van der Waals surface area contributed by atoms with Gasteiger partial charge in [-0.15, -0.1) is 0 Å². The predicted molar refractivity (Wildman–Crippen MR) is 111 cm³/mol. The van der Waals surface area contributed by atoms with Crippen LogP contribution in [-0.2, 0) is 4.79 Å². The number of carbonyl (C=O) groups is 2. The first-order valence-electron chi connectivity index (χ1n) is 9.85. The van der Waals surface area contributed by atoms with E-state index >= 15 is 0 Å². The van der Waals surface area contributed by atoms with Gasteiger partial charge in [0.1, 0.15) is 17.1 Å². The van der Waals surface area contributed by atoms with E-state index in [1.807, 2.05) is 26.0 Å². The van der Waals surface area contributed by atoms with Crippen LogP contribution < -0.4 is 9.47 Å². The Kier molecular flexibility index (Phi) is 5.26. The highest BCUT2D eigenvalue weighted by Crippen LogP contribution is 2.41. The molecular formula is C23H24ClNO4. The molecule has 1 saturated heterocycles. The Morgan fingerprint density at radius 3 is 2.55 bits per heavy atom. The lowest BCUT2D eigenvalue weighted by Crippen LogP contribution is -2.53. The second-order valence-corrected chi connectivity index (χ2v) is 8.40. The summed E-state index contributed by atoms with van der Waals surface area (Å²) in [6.07, 6.45) is 1.64. The van der Waals surface area contributed by atoms with E-state index in [2.05, 4.69) is 0 Å². The van der Waals surface area contributed by atoms with Gasteiger partial charge >= 0.3 is 0 Å². The third-order valence-electron chi connectivity index (χ3n) is 5.74. The maximum atomic E-state index is 12.8. The number of nitrogens with zero attached hydrogens (tertiary/aromatic N) is 1. The molecule has 1 spiro atoms. The first kappa shape index (κ1) is 19.8. The van der Waals surface area contributed by atoms with Gasteiger partial charge in [-0.3, -0.25) is 9.59 Å². The molecule has 29 heavy (non-hydrogen) atoms. The normalized spacial score (nSPS) is 17.6. The Morgan fingerprint density at radius 2 is 1.86 bits per heavy atom. The number of fused-ring (bicyclic) bond motifs is 1. The van der Waals surface area contributed by atoms with E-state index in [4.69, 9.17) is 21.1 Å². The summed E-state index contributed by atoms with van der Waals surface area (Å²) >= 11 is 5.86. The number of aryl methyl sites for hydroxylation is 2. The number of rotatable bonds is 3. The molecule has 0 aromatic heterocycles. The molecule has 4 rings (SSSR count). The fraction of sp³-hybridized carbons (Fsp3) is 0.391. The van der Waals surface area contributed by atoms with Gasteiger partial charge in [0, 0.05) is 31.0 Å². The number of ketones is 1. The minimum absolute atomic E-state index is 0.0182. The van der Waals surface area contributed by atoms with Crippen molar-refractivity contribution in [3.63, 3.8) is 0 Å². The topological polar surface area (TPSA) is 55.8 Å². The van der Waals surface area contributed by atoms with Crippen molar-refractivity contribution in [2.75, 3.05) is 19.7 Å². The number of halogens is 1. The average molecular weight is 414 g/mol. The zero-order valence-electron chi connectivity index (χ0n) is 16.7. The molecule has 5 nitrogen and oxygen atoms in total. The van der Waals surface area contributed by atoms with E-state index in [0.717, 1.165) is 11.1 Å². The molecule has 0 saturated carbocycles. The van der Waals surface area contributed by atoms with E-state index in [1.54, 1.807) is 29.2 Å². The third kappa shape index (κ3) is 4.10. The van der Waals surface area contributed by atoms with Crippen LogP contribution in [0.2, 0.25) is 5.02 Å². The van der Waals surface area contributed by atoms with Crippen molar-refractivity contribution in [1.82, 2.24) is 4.90 Å². The molecule has 2 aromatic rings. The Bertz CT molecular complexity index is 946. The van der Waals surface area contributed by atoms with Gasteiger partial charge in [-0.1, -0.05) is 17.7 Å². The molecule has 0 N–H and O–H groups in total. The number of amides is 1. The standard InChI is InChI=1S/C23H24ClNO4/c1-15-11-16(2)22-19(26)13-23(29-20(22)12-15)7-9-25(10-8-23)21(27)14-28-18-5-3-17(24)4-6-18/h3-6,11-12H,7-10,13-14H2,1-2H3.